The fraction of sp³-hybridized carbons (Fsp3) is 0.833. The normalized spacial score (nSPS) is 19.6. The third kappa shape index (κ3) is 3.87. The van der Waals surface area contributed by atoms with Gasteiger partial charge in [-0.25, -0.2) is 4.79 Å². The molecule has 1 rings (SSSR count). The molecular weight excluding hydrogens is 232 g/mol. The molecule has 0 spiro atoms. The summed E-state index contributed by atoms with van der Waals surface area (Å²) in [6, 6.07) is 0. The van der Waals surface area contributed by atoms with Crippen LogP contribution in [-0.2, 0) is 4.74 Å². The van der Waals surface area contributed by atoms with Crippen molar-refractivity contribution in [1.29, 1.82) is 5.41 Å². The number of carbonyl (C=O) groups is 1. The van der Waals surface area contributed by atoms with Crippen LogP contribution in [-0.4, -0.2) is 49.1 Å². The quantitative estimate of drug-likeness (QED) is 0.512. The number of amides is 1. The Morgan fingerprint density at radius 3 is 2.50 bits per heavy atom. The lowest BCUT2D eigenvalue weighted by Crippen LogP contribution is -2.61. The summed E-state index contributed by atoms with van der Waals surface area (Å²) >= 11 is 0. The molecule has 0 unspecified atom stereocenters. The zero-order valence-electron chi connectivity index (χ0n) is 11.5. The van der Waals surface area contributed by atoms with Crippen LogP contribution in [0.2, 0.25) is 0 Å². The molecule has 104 valence electrons. The van der Waals surface area contributed by atoms with E-state index >= 15 is 0 Å². The van der Waals surface area contributed by atoms with Crippen LogP contribution < -0.4 is 11.1 Å². The van der Waals surface area contributed by atoms with Crippen LogP contribution in [0.5, 0.6) is 0 Å². The highest BCUT2D eigenvalue weighted by molar-refractivity contribution is 5.90. The van der Waals surface area contributed by atoms with E-state index < -0.39 is 11.6 Å². The van der Waals surface area contributed by atoms with E-state index in [1.807, 2.05) is 20.9 Å². The molecule has 0 aromatic heterocycles. The van der Waals surface area contributed by atoms with E-state index in [1.54, 1.807) is 0 Å². The molecule has 0 atom stereocenters. The number of nitrogens with one attached hydrogen (secondary N) is 2. The Kier molecular flexibility index (Phi) is 4.95. The number of likely N-dealkylation sites (tertiary alicyclic amines) is 1. The predicted molar refractivity (Wildman–Crippen MR) is 70.7 cm³/mol. The van der Waals surface area contributed by atoms with Gasteiger partial charge in [-0.3, -0.25) is 5.41 Å². The number of rotatable bonds is 4. The maximum Gasteiger partial charge on any atom is 0.407 e. The van der Waals surface area contributed by atoms with Crippen LogP contribution in [0, 0.1) is 11.3 Å². The molecule has 1 amide bonds. The van der Waals surface area contributed by atoms with E-state index in [9.17, 15) is 4.79 Å². The minimum absolute atomic E-state index is 0.0112. The van der Waals surface area contributed by atoms with E-state index in [-0.39, 0.29) is 5.84 Å². The lowest BCUT2D eigenvalue weighted by atomic mass is 9.86. The van der Waals surface area contributed by atoms with Crippen LogP contribution in [0.25, 0.3) is 0 Å². The van der Waals surface area contributed by atoms with E-state index in [2.05, 4.69) is 10.2 Å². The zero-order chi connectivity index (χ0) is 13.8. The smallest absolute Gasteiger partial charge is 0.407 e. The second-order valence-corrected chi connectivity index (χ2v) is 5.42. The van der Waals surface area contributed by atoms with Crippen molar-refractivity contribution in [1.82, 2.24) is 10.2 Å². The number of piperidine rings is 1. The third-order valence-electron chi connectivity index (χ3n) is 3.25. The number of ether oxygens (including phenoxy) is 1. The molecule has 0 aliphatic carbocycles. The molecule has 0 bridgehead atoms. The van der Waals surface area contributed by atoms with Crippen LogP contribution in [0.15, 0.2) is 0 Å². The molecule has 0 aromatic carbocycles. The number of hydrogen-bond acceptors (Lipinski definition) is 4. The van der Waals surface area contributed by atoms with Gasteiger partial charge in [0.2, 0.25) is 0 Å². The first-order valence-corrected chi connectivity index (χ1v) is 6.34. The number of nitrogens with two attached hydrogens (primary N) is 1. The number of carbonyl (C=O) groups excluding carboxylic acids is 1. The summed E-state index contributed by atoms with van der Waals surface area (Å²) in [7, 11) is 2.02. The van der Waals surface area contributed by atoms with Gasteiger partial charge in [-0.05, 0) is 25.8 Å². The summed E-state index contributed by atoms with van der Waals surface area (Å²) in [6.07, 6.45) is 0.814. The van der Waals surface area contributed by atoms with Crippen molar-refractivity contribution >= 4 is 11.9 Å². The second kappa shape index (κ2) is 6.04. The van der Waals surface area contributed by atoms with Gasteiger partial charge in [0.15, 0.2) is 0 Å². The number of nitrogens with zero attached hydrogens (tertiary/aromatic N) is 1. The van der Waals surface area contributed by atoms with Crippen LogP contribution in [0.4, 0.5) is 4.79 Å². The van der Waals surface area contributed by atoms with Gasteiger partial charge in [0.25, 0.3) is 0 Å². The largest absolute Gasteiger partial charge is 0.449 e. The van der Waals surface area contributed by atoms with Gasteiger partial charge in [-0.15, -0.1) is 0 Å². The standard InChI is InChI=1S/C12H24N4O2/c1-9(2)8-18-11(17)15-12(10(13)14)4-6-16(3)7-5-12/h9H,4-8H2,1-3H3,(H3,13,14)(H,15,17). The molecule has 1 saturated heterocycles. The number of amidine groups is 1. The van der Waals surface area contributed by atoms with Gasteiger partial charge >= 0.3 is 6.09 Å². The molecule has 0 radical (unpaired) electrons. The van der Waals surface area contributed by atoms with Crippen molar-refractivity contribution in [3.8, 4) is 0 Å². The van der Waals surface area contributed by atoms with E-state index in [1.165, 1.54) is 0 Å². The first kappa shape index (κ1) is 14.8. The predicted octanol–water partition coefficient (Wildman–Crippen LogP) is 0.769. The van der Waals surface area contributed by atoms with Gasteiger partial charge in [0, 0.05) is 13.1 Å². The van der Waals surface area contributed by atoms with Crippen molar-refractivity contribution in [2.24, 2.45) is 11.7 Å². The summed E-state index contributed by atoms with van der Waals surface area (Å²) in [4.78, 5) is 13.9. The fourth-order valence-electron chi connectivity index (χ4n) is 1.94. The number of alkyl carbamates (subject to hydrolysis) is 1. The minimum Gasteiger partial charge on any atom is -0.449 e. The minimum atomic E-state index is -0.736. The highest BCUT2D eigenvalue weighted by Gasteiger charge is 2.38. The van der Waals surface area contributed by atoms with Crippen molar-refractivity contribution in [2.75, 3.05) is 26.7 Å². The molecule has 0 saturated carbocycles. The van der Waals surface area contributed by atoms with Gasteiger partial charge in [-0.2, -0.15) is 0 Å². The maximum atomic E-state index is 11.7. The molecule has 6 heteroatoms. The fourth-order valence-corrected chi connectivity index (χ4v) is 1.94. The van der Waals surface area contributed by atoms with Gasteiger partial charge < -0.3 is 20.7 Å². The lowest BCUT2D eigenvalue weighted by molar-refractivity contribution is 0.116. The molecule has 0 aromatic rings. The Morgan fingerprint density at radius 2 is 2.06 bits per heavy atom. The Morgan fingerprint density at radius 1 is 1.50 bits per heavy atom. The number of hydrogen-bond donors (Lipinski definition) is 3. The average molecular weight is 256 g/mol. The maximum absolute atomic E-state index is 11.7. The summed E-state index contributed by atoms with van der Waals surface area (Å²) in [5.74, 6) is 0.304. The molecule has 6 nitrogen and oxygen atoms in total. The van der Waals surface area contributed by atoms with Crippen molar-refractivity contribution in [3.05, 3.63) is 0 Å². The molecule has 4 N–H and O–H groups in total. The summed E-state index contributed by atoms with van der Waals surface area (Å²) in [5, 5.41) is 10.5. The molecule has 1 heterocycles. The van der Waals surface area contributed by atoms with Gasteiger partial charge in [0.05, 0.1) is 6.61 Å². The highest BCUT2D eigenvalue weighted by atomic mass is 16.5. The monoisotopic (exact) mass is 256 g/mol. The molecule has 1 aliphatic heterocycles. The molecular formula is C12H24N4O2. The lowest BCUT2D eigenvalue weighted by Gasteiger charge is -2.39. The van der Waals surface area contributed by atoms with Crippen molar-refractivity contribution < 1.29 is 9.53 Å². The van der Waals surface area contributed by atoms with Crippen molar-refractivity contribution in [3.63, 3.8) is 0 Å². The Balaban J connectivity index is 2.58. The SMILES string of the molecule is CC(C)COC(=O)NC1(C(=N)N)CCN(C)CC1. The van der Waals surface area contributed by atoms with Gasteiger partial charge in [0.1, 0.15) is 11.4 Å². The van der Waals surface area contributed by atoms with E-state index in [0.717, 1.165) is 13.1 Å². The first-order chi connectivity index (χ1) is 8.35. The summed E-state index contributed by atoms with van der Waals surface area (Å²) in [5.41, 5.74) is 4.91. The Hall–Kier alpha value is -1.30. The highest BCUT2D eigenvalue weighted by Crippen LogP contribution is 2.21. The second-order valence-electron chi connectivity index (χ2n) is 5.42. The molecule has 1 aliphatic rings. The Bertz CT molecular complexity index is 309. The average Bonchev–Trinajstić information content (AvgIpc) is 2.29. The summed E-state index contributed by atoms with van der Waals surface area (Å²) in [6.45, 7) is 5.95. The van der Waals surface area contributed by atoms with Crippen molar-refractivity contribution in [2.45, 2.75) is 32.2 Å². The zero-order valence-corrected chi connectivity index (χ0v) is 11.5. The first-order valence-electron chi connectivity index (χ1n) is 6.34. The van der Waals surface area contributed by atoms with E-state index in [4.69, 9.17) is 15.9 Å². The van der Waals surface area contributed by atoms with Crippen LogP contribution in [0.1, 0.15) is 26.7 Å². The topological polar surface area (TPSA) is 91.4 Å². The molecule has 18 heavy (non-hydrogen) atoms. The van der Waals surface area contributed by atoms with Gasteiger partial charge in [-0.1, -0.05) is 13.8 Å². The molecule has 1 fully saturated rings. The van der Waals surface area contributed by atoms with Crippen LogP contribution >= 0.6 is 0 Å². The summed E-state index contributed by atoms with van der Waals surface area (Å²) < 4.78 is 5.09. The van der Waals surface area contributed by atoms with Crippen LogP contribution in [0.3, 0.4) is 0 Å². The third-order valence-corrected chi connectivity index (χ3v) is 3.25. The van der Waals surface area contributed by atoms with E-state index in [0.29, 0.717) is 25.4 Å². The Labute approximate surface area is 108 Å².